The van der Waals surface area contributed by atoms with Crippen LogP contribution in [0.5, 0.6) is 0 Å². The van der Waals surface area contributed by atoms with E-state index in [1.54, 1.807) is 0 Å². The summed E-state index contributed by atoms with van der Waals surface area (Å²) in [5.41, 5.74) is 0. The first-order chi connectivity index (χ1) is 9.06. The van der Waals surface area contributed by atoms with Gasteiger partial charge in [0, 0.05) is 24.6 Å². The molecule has 0 aromatic carbocycles. The molecule has 0 radical (unpaired) electrons. The Morgan fingerprint density at radius 2 is 2.05 bits per heavy atom. The number of nitrogens with zero attached hydrogens (tertiary/aromatic N) is 2. The Labute approximate surface area is 117 Å². The van der Waals surface area contributed by atoms with Crippen molar-refractivity contribution in [3.8, 4) is 0 Å². The normalized spacial score (nSPS) is 28.7. The molecule has 2 aliphatic rings. The average Bonchev–Trinajstić information content (AvgIpc) is 2.40. The van der Waals surface area contributed by atoms with Crippen molar-refractivity contribution in [2.75, 3.05) is 12.3 Å². The van der Waals surface area contributed by atoms with E-state index in [2.05, 4.69) is 12.6 Å². The van der Waals surface area contributed by atoms with Crippen LogP contribution >= 0.6 is 12.6 Å². The summed E-state index contributed by atoms with van der Waals surface area (Å²) in [5, 5.41) is 11.8. The number of fused-ring (bicyclic) bond motifs is 1. The lowest BCUT2D eigenvalue weighted by atomic mass is 9.98. The van der Waals surface area contributed by atoms with E-state index in [1.165, 1.54) is 10.0 Å². The van der Waals surface area contributed by atoms with Gasteiger partial charge in [0.15, 0.2) is 6.04 Å². The second-order valence-corrected chi connectivity index (χ2v) is 5.33. The molecule has 0 spiro atoms. The topological polar surface area (TPSA) is 77.9 Å². The monoisotopic (exact) mass is 286 g/mol. The summed E-state index contributed by atoms with van der Waals surface area (Å²) in [6.45, 7) is 0.424. The van der Waals surface area contributed by atoms with E-state index in [1.807, 2.05) is 0 Å². The molecular formula is C12H18N2O4S. The molecule has 0 aromatic heterocycles. The number of carbonyl (C=O) groups is 3. The molecule has 2 fully saturated rings. The first-order valence-electron chi connectivity index (χ1n) is 6.53. The molecule has 0 aromatic rings. The number of rotatable bonds is 2. The van der Waals surface area contributed by atoms with Gasteiger partial charge in [0.05, 0.1) is 0 Å². The Morgan fingerprint density at radius 3 is 2.68 bits per heavy atom. The lowest BCUT2D eigenvalue weighted by Crippen LogP contribution is -2.62. The summed E-state index contributed by atoms with van der Waals surface area (Å²) >= 11 is 4.17. The summed E-state index contributed by atoms with van der Waals surface area (Å²) in [4.78, 5) is 35.8. The maximum Gasteiger partial charge on any atom is 0.328 e. The van der Waals surface area contributed by atoms with Crippen LogP contribution in [0.3, 0.4) is 0 Å². The van der Waals surface area contributed by atoms with Gasteiger partial charge in [-0.3, -0.25) is 14.6 Å². The molecule has 2 amide bonds. The van der Waals surface area contributed by atoms with Crippen molar-refractivity contribution in [1.29, 1.82) is 0 Å². The van der Waals surface area contributed by atoms with E-state index < -0.39 is 12.0 Å². The molecule has 7 heteroatoms. The molecule has 2 rings (SSSR count). The molecule has 0 aliphatic carbocycles. The maximum atomic E-state index is 12.4. The van der Waals surface area contributed by atoms with Crippen molar-refractivity contribution >= 4 is 30.4 Å². The highest BCUT2D eigenvalue weighted by Gasteiger charge is 2.42. The van der Waals surface area contributed by atoms with Crippen LogP contribution < -0.4 is 0 Å². The highest BCUT2D eigenvalue weighted by molar-refractivity contribution is 7.80. The standard InChI is InChI=1S/C12H18N2O4S/c15-10-5-1-3-8(7-19)11(16)14-9(12(17)18)4-2-6-13(10)14/h8-9,19H,1-7H2,(H,17,18). The third-order valence-corrected chi connectivity index (χ3v) is 4.16. The van der Waals surface area contributed by atoms with Crippen LogP contribution in [0, 0.1) is 5.92 Å². The molecular weight excluding hydrogens is 268 g/mol. The van der Waals surface area contributed by atoms with Crippen molar-refractivity contribution in [2.24, 2.45) is 5.92 Å². The molecule has 2 atom stereocenters. The number of carboxylic acid groups (broad SMARTS) is 1. The average molecular weight is 286 g/mol. The van der Waals surface area contributed by atoms with E-state index in [0.29, 0.717) is 44.4 Å². The number of hydrogen-bond acceptors (Lipinski definition) is 4. The number of amides is 2. The van der Waals surface area contributed by atoms with Gasteiger partial charge >= 0.3 is 5.97 Å². The molecule has 2 unspecified atom stereocenters. The van der Waals surface area contributed by atoms with E-state index in [-0.39, 0.29) is 17.7 Å². The summed E-state index contributed by atoms with van der Waals surface area (Å²) < 4.78 is 0. The van der Waals surface area contributed by atoms with Gasteiger partial charge in [-0.2, -0.15) is 12.6 Å². The third kappa shape index (κ3) is 2.70. The first kappa shape index (κ1) is 14.2. The molecule has 106 valence electrons. The highest BCUT2D eigenvalue weighted by Crippen LogP contribution is 2.27. The van der Waals surface area contributed by atoms with Crippen LogP contribution in [0.1, 0.15) is 32.1 Å². The molecule has 0 saturated carbocycles. The van der Waals surface area contributed by atoms with Crippen LogP contribution in [-0.2, 0) is 14.4 Å². The van der Waals surface area contributed by atoms with E-state index >= 15 is 0 Å². The number of hydrazine groups is 1. The fourth-order valence-corrected chi connectivity index (χ4v) is 3.03. The van der Waals surface area contributed by atoms with Crippen LogP contribution in [-0.4, -0.2) is 51.2 Å². The van der Waals surface area contributed by atoms with Gasteiger partial charge in [0.25, 0.3) is 0 Å². The Balaban J connectivity index is 2.33. The molecule has 0 bridgehead atoms. The van der Waals surface area contributed by atoms with Crippen molar-refractivity contribution in [3.05, 3.63) is 0 Å². The molecule has 2 aliphatic heterocycles. The third-order valence-electron chi connectivity index (χ3n) is 3.71. The maximum absolute atomic E-state index is 12.4. The molecule has 6 nitrogen and oxygen atoms in total. The molecule has 2 heterocycles. The number of carboxylic acids is 1. The summed E-state index contributed by atoms with van der Waals surface area (Å²) in [5.74, 6) is -1.42. The number of thiol groups is 1. The molecule has 1 N–H and O–H groups in total. The van der Waals surface area contributed by atoms with Crippen molar-refractivity contribution in [2.45, 2.75) is 38.1 Å². The number of aliphatic carboxylic acids is 1. The van der Waals surface area contributed by atoms with Gasteiger partial charge < -0.3 is 5.11 Å². The number of carbonyl (C=O) groups excluding carboxylic acids is 2. The lowest BCUT2D eigenvalue weighted by Gasteiger charge is -2.44. The summed E-state index contributed by atoms with van der Waals surface area (Å²) in [6, 6.07) is -0.925. The minimum Gasteiger partial charge on any atom is -0.480 e. The Bertz CT molecular complexity index is 401. The zero-order valence-electron chi connectivity index (χ0n) is 10.6. The zero-order chi connectivity index (χ0) is 14.0. The van der Waals surface area contributed by atoms with Gasteiger partial charge in [0.1, 0.15) is 0 Å². The highest BCUT2D eigenvalue weighted by atomic mass is 32.1. The predicted molar refractivity (Wildman–Crippen MR) is 70.4 cm³/mol. The van der Waals surface area contributed by atoms with Gasteiger partial charge in [-0.15, -0.1) is 0 Å². The Hall–Kier alpha value is -1.24. The van der Waals surface area contributed by atoms with E-state index in [0.717, 1.165) is 0 Å². The van der Waals surface area contributed by atoms with Crippen LogP contribution in [0.15, 0.2) is 0 Å². The fourth-order valence-electron chi connectivity index (χ4n) is 2.69. The Kier molecular flexibility index (Phi) is 4.34. The molecule has 19 heavy (non-hydrogen) atoms. The number of hydrogen-bond donors (Lipinski definition) is 2. The van der Waals surface area contributed by atoms with Crippen molar-refractivity contribution < 1.29 is 19.5 Å². The predicted octanol–water partition coefficient (Wildman–Crippen LogP) is 0.535. The van der Waals surface area contributed by atoms with Gasteiger partial charge in [-0.1, -0.05) is 0 Å². The summed E-state index contributed by atoms with van der Waals surface area (Å²) in [7, 11) is 0. The van der Waals surface area contributed by atoms with Crippen LogP contribution in [0.4, 0.5) is 0 Å². The minimum atomic E-state index is -1.05. The second-order valence-electron chi connectivity index (χ2n) is 4.97. The van der Waals surface area contributed by atoms with Gasteiger partial charge in [-0.05, 0) is 25.7 Å². The fraction of sp³-hybridized carbons (Fsp3) is 0.750. The van der Waals surface area contributed by atoms with Crippen molar-refractivity contribution in [1.82, 2.24) is 10.0 Å². The van der Waals surface area contributed by atoms with E-state index in [4.69, 9.17) is 0 Å². The van der Waals surface area contributed by atoms with Gasteiger partial charge in [-0.25, -0.2) is 9.80 Å². The second kappa shape index (κ2) is 5.81. The minimum absolute atomic E-state index is 0.156. The largest absolute Gasteiger partial charge is 0.480 e. The SMILES string of the molecule is O=C(O)C1CCCN2C(=O)CCCC(CS)C(=O)N12. The Morgan fingerprint density at radius 1 is 1.32 bits per heavy atom. The van der Waals surface area contributed by atoms with Crippen LogP contribution in [0.25, 0.3) is 0 Å². The summed E-state index contributed by atoms with van der Waals surface area (Å²) in [6.07, 6.45) is 2.60. The van der Waals surface area contributed by atoms with Crippen LogP contribution in [0.2, 0.25) is 0 Å². The van der Waals surface area contributed by atoms with E-state index in [9.17, 15) is 19.5 Å². The lowest BCUT2D eigenvalue weighted by molar-refractivity contribution is -0.186. The van der Waals surface area contributed by atoms with Gasteiger partial charge in [0.2, 0.25) is 11.8 Å². The zero-order valence-corrected chi connectivity index (χ0v) is 11.5. The van der Waals surface area contributed by atoms with Crippen molar-refractivity contribution in [3.63, 3.8) is 0 Å². The quantitative estimate of drug-likeness (QED) is 0.726. The molecule has 2 saturated heterocycles. The first-order valence-corrected chi connectivity index (χ1v) is 7.16. The smallest absolute Gasteiger partial charge is 0.328 e.